The Hall–Kier alpha value is -8.41. The highest BCUT2D eigenvalue weighted by molar-refractivity contribution is 6.26. The Balaban J connectivity index is 1.13. The average Bonchev–Trinajstić information content (AvgIpc) is 3.88. The van der Waals surface area contributed by atoms with Gasteiger partial charge in [0.15, 0.2) is 17.5 Å². The molecule has 0 aliphatic heterocycles. The zero-order valence-electron chi connectivity index (χ0n) is 33.6. The maximum Gasteiger partial charge on any atom is 0.164 e. The van der Waals surface area contributed by atoms with Gasteiger partial charge in [0.1, 0.15) is 0 Å². The molecule has 12 rings (SSSR count). The lowest BCUT2D eigenvalue weighted by atomic mass is 9.98. The van der Waals surface area contributed by atoms with E-state index in [2.05, 4.69) is 173 Å². The van der Waals surface area contributed by atoms with Gasteiger partial charge in [-0.15, -0.1) is 0 Å². The molecule has 0 unspecified atom stereocenters. The van der Waals surface area contributed by atoms with Crippen LogP contribution in [0, 0.1) is 0 Å². The summed E-state index contributed by atoms with van der Waals surface area (Å²) in [7, 11) is 0. The summed E-state index contributed by atoms with van der Waals surface area (Å²) < 4.78 is 4.90. The number of para-hydroxylation sites is 2. The minimum Gasteiger partial charge on any atom is -0.309 e. The molecule has 12 aromatic rings. The summed E-state index contributed by atoms with van der Waals surface area (Å²) >= 11 is 0. The van der Waals surface area contributed by atoms with Gasteiger partial charge in [-0.05, 0) is 53.1 Å². The minimum atomic E-state index is 0.619. The maximum absolute atomic E-state index is 5.10. The first kappa shape index (κ1) is 35.5. The van der Waals surface area contributed by atoms with E-state index in [1.54, 1.807) is 0 Å². The molecule has 0 radical (unpaired) electrons. The van der Waals surface area contributed by atoms with Crippen molar-refractivity contribution in [2.24, 2.45) is 0 Å². The third-order valence-electron chi connectivity index (χ3n) is 12.0. The molecular formula is C57H37N5. The SMILES string of the molecule is c1ccc(-c2ccc(-c3ccccc3)c(-n3c4ccccc4c4c3ccc3c5ccccc5n(-c5cccc(-c6nc(-c7ccccc7)nc(-c7ccccc7)n6)c5)c34)c2)cc1. The van der Waals surface area contributed by atoms with Crippen LogP contribution in [0.5, 0.6) is 0 Å². The molecule has 0 N–H and O–H groups in total. The summed E-state index contributed by atoms with van der Waals surface area (Å²) in [6, 6.07) is 79.4. The Morgan fingerprint density at radius 1 is 0.290 bits per heavy atom. The fraction of sp³-hybridized carbons (Fsp3) is 0. The Labute approximate surface area is 358 Å². The average molecular weight is 792 g/mol. The van der Waals surface area contributed by atoms with Crippen molar-refractivity contribution in [1.82, 2.24) is 24.1 Å². The van der Waals surface area contributed by atoms with Crippen LogP contribution in [0.1, 0.15) is 0 Å². The smallest absolute Gasteiger partial charge is 0.164 e. The lowest BCUT2D eigenvalue weighted by Gasteiger charge is -2.16. The van der Waals surface area contributed by atoms with Gasteiger partial charge in [0.2, 0.25) is 0 Å². The van der Waals surface area contributed by atoms with Gasteiger partial charge in [-0.3, -0.25) is 0 Å². The van der Waals surface area contributed by atoms with E-state index in [1.807, 2.05) is 60.7 Å². The van der Waals surface area contributed by atoms with Crippen LogP contribution in [0.4, 0.5) is 0 Å². The summed E-state index contributed by atoms with van der Waals surface area (Å²) in [6.45, 7) is 0. The fourth-order valence-electron chi connectivity index (χ4n) is 9.15. The molecule has 0 atom stereocenters. The van der Waals surface area contributed by atoms with Crippen LogP contribution >= 0.6 is 0 Å². The lowest BCUT2D eigenvalue weighted by Crippen LogP contribution is -2.01. The monoisotopic (exact) mass is 791 g/mol. The topological polar surface area (TPSA) is 48.5 Å². The Morgan fingerprint density at radius 2 is 0.806 bits per heavy atom. The standard InChI is InChI=1S/C57H37N5/c1-5-18-38(19-6-1)42-32-33-45(39-20-7-2-8-21-39)52(37-42)62-50-31-16-14-29-48(50)53-51(62)35-34-47-46-28-13-15-30-49(46)61(54(47)53)44-27-17-26-43(36-44)57-59-55(40-22-9-3-10-23-40)58-56(60-57)41-24-11-4-12-25-41/h1-37H. The van der Waals surface area contributed by atoms with Crippen molar-refractivity contribution in [3.8, 4) is 67.8 Å². The normalized spacial score (nSPS) is 11.5. The van der Waals surface area contributed by atoms with Crippen molar-refractivity contribution >= 4 is 43.6 Å². The molecule has 3 heterocycles. The van der Waals surface area contributed by atoms with Crippen LogP contribution in [0.15, 0.2) is 224 Å². The summed E-state index contributed by atoms with van der Waals surface area (Å²) in [5.41, 5.74) is 14.2. The van der Waals surface area contributed by atoms with Crippen LogP contribution < -0.4 is 0 Å². The fourth-order valence-corrected chi connectivity index (χ4v) is 9.15. The van der Waals surface area contributed by atoms with Crippen molar-refractivity contribution in [2.75, 3.05) is 0 Å². The summed E-state index contributed by atoms with van der Waals surface area (Å²) in [5, 5.41) is 4.78. The third-order valence-corrected chi connectivity index (χ3v) is 12.0. The number of rotatable bonds is 7. The van der Waals surface area contributed by atoms with E-state index in [1.165, 1.54) is 43.8 Å². The Kier molecular flexibility index (Phi) is 8.42. The second-order valence-electron chi connectivity index (χ2n) is 15.6. The molecule has 0 bridgehead atoms. The first-order valence-electron chi connectivity index (χ1n) is 21.0. The van der Waals surface area contributed by atoms with Crippen LogP contribution in [-0.2, 0) is 0 Å². The van der Waals surface area contributed by atoms with Crippen LogP contribution in [-0.4, -0.2) is 24.1 Å². The summed E-state index contributed by atoms with van der Waals surface area (Å²) in [6.07, 6.45) is 0. The predicted octanol–water partition coefficient (Wildman–Crippen LogP) is 14.4. The van der Waals surface area contributed by atoms with Gasteiger partial charge < -0.3 is 9.13 Å². The van der Waals surface area contributed by atoms with E-state index >= 15 is 0 Å². The van der Waals surface area contributed by atoms with Gasteiger partial charge in [0, 0.05) is 49.5 Å². The molecule has 0 spiro atoms. The molecule has 0 aliphatic carbocycles. The molecule has 9 aromatic carbocycles. The summed E-state index contributed by atoms with van der Waals surface area (Å²) in [5.74, 6) is 1.89. The second kappa shape index (κ2) is 14.7. The predicted molar refractivity (Wildman–Crippen MR) is 256 cm³/mol. The molecular weight excluding hydrogens is 755 g/mol. The van der Waals surface area contributed by atoms with Crippen LogP contribution in [0.2, 0.25) is 0 Å². The van der Waals surface area contributed by atoms with Crippen molar-refractivity contribution in [3.63, 3.8) is 0 Å². The molecule has 0 amide bonds. The molecule has 5 heteroatoms. The van der Waals surface area contributed by atoms with Gasteiger partial charge in [0.05, 0.1) is 27.8 Å². The zero-order chi connectivity index (χ0) is 41.0. The first-order chi connectivity index (χ1) is 30.8. The maximum atomic E-state index is 5.10. The first-order valence-corrected chi connectivity index (χ1v) is 21.0. The van der Waals surface area contributed by atoms with Gasteiger partial charge in [0.25, 0.3) is 0 Å². The van der Waals surface area contributed by atoms with E-state index in [0.29, 0.717) is 17.5 Å². The molecule has 0 saturated carbocycles. The molecule has 0 aliphatic rings. The van der Waals surface area contributed by atoms with E-state index in [0.717, 1.165) is 50.1 Å². The van der Waals surface area contributed by atoms with Gasteiger partial charge in [-0.1, -0.05) is 188 Å². The number of nitrogens with zero attached hydrogens (tertiary/aromatic N) is 5. The summed E-state index contributed by atoms with van der Waals surface area (Å²) in [4.78, 5) is 15.2. The van der Waals surface area contributed by atoms with E-state index in [4.69, 9.17) is 15.0 Å². The van der Waals surface area contributed by atoms with Crippen molar-refractivity contribution in [1.29, 1.82) is 0 Å². The van der Waals surface area contributed by atoms with Crippen LogP contribution in [0.3, 0.4) is 0 Å². The molecule has 0 fully saturated rings. The largest absolute Gasteiger partial charge is 0.309 e. The highest BCUT2D eigenvalue weighted by Gasteiger charge is 2.23. The molecule has 290 valence electrons. The van der Waals surface area contributed by atoms with Gasteiger partial charge >= 0.3 is 0 Å². The number of benzene rings is 9. The van der Waals surface area contributed by atoms with E-state index in [9.17, 15) is 0 Å². The lowest BCUT2D eigenvalue weighted by molar-refractivity contribution is 1.07. The van der Waals surface area contributed by atoms with E-state index < -0.39 is 0 Å². The molecule has 62 heavy (non-hydrogen) atoms. The highest BCUT2D eigenvalue weighted by atomic mass is 15.0. The van der Waals surface area contributed by atoms with Crippen molar-refractivity contribution in [2.45, 2.75) is 0 Å². The van der Waals surface area contributed by atoms with Crippen LogP contribution in [0.25, 0.3) is 111 Å². The van der Waals surface area contributed by atoms with E-state index in [-0.39, 0.29) is 0 Å². The number of fused-ring (bicyclic) bond motifs is 7. The quantitative estimate of drug-likeness (QED) is 0.162. The Morgan fingerprint density at radius 3 is 1.45 bits per heavy atom. The highest BCUT2D eigenvalue weighted by Crippen LogP contribution is 2.44. The van der Waals surface area contributed by atoms with Gasteiger partial charge in [-0.25, -0.2) is 15.0 Å². The minimum absolute atomic E-state index is 0.619. The molecule has 3 aromatic heterocycles. The third kappa shape index (κ3) is 5.90. The zero-order valence-corrected chi connectivity index (χ0v) is 33.6. The van der Waals surface area contributed by atoms with Gasteiger partial charge in [-0.2, -0.15) is 0 Å². The van der Waals surface area contributed by atoms with Crippen molar-refractivity contribution < 1.29 is 0 Å². The second-order valence-corrected chi connectivity index (χ2v) is 15.6. The molecule has 0 saturated heterocycles. The number of hydrogen-bond donors (Lipinski definition) is 0. The Bertz CT molecular complexity index is 3550. The van der Waals surface area contributed by atoms with Crippen molar-refractivity contribution in [3.05, 3.63) is 224 Å². The number of hydrogen-bond acceptors (Lipinski definition) is 3. The molecule has 5 nitrogen and oxygen atoms in total. The number of aromatic nitrogens is 5.